The van der Waals surface area contributed by atoms with Gasteiger partial charge in [0.2, 0.25) is 5.91 Å². The van der Waals surface area contributed by atoms with Gasteiger partial charge in [0.15, 0.2) is 0 Å². The van der Waals surface area contributed by atoms with Gasteiger partial charge in [0.05, 0.1) is 6.04 Å². The Kier molecular flexibility index (Phi) is 2.36. The zero-order valence-electron chi connectivity index (χ0n) is 10.2. The summed E-state index contributed by atoms with van der Waals surface area (Å²) in [4.78, 5) is 26.8. The molecular formula is C11H18N2O3. The third-order valence-electron chi connectivity index (χ3n) is 2.97. The Balaban J connectivity index is 2.03. The predicted molar refractivity (Wildman–Crippen MR) is 57.9 cm³/mol. The number of nitrogens with zero attached hydrogens (tertiary/aromatic N) is 2. The molecule has 3 aliphatic rings. The maximum atomic E-state index is 11.8. The van der Waals surface area contributed by atoms with Crippen molar-refractivity contribution in [3.63, 3.8) is 0 Å². The van der Waals surface area contributed by atoms with Crippen LogP contribution in [0.2, 0.25) is 0 Å². The Bertz CT molecular complexity index is 335. The molecule has 3 saturated heterocycles. The Morgan fingerprint density at radius 3 is 2.56 bits per heavy atom. The van der Waals surface area contributed by atoms with E-state index < -0.39 is 5.60 Å². The number of amides is 2. The first-order valence-corrected chi connectivity index (χ1v) is 5.56. The quantitative estimate of drug-likeness (QED) is 0.615. The molecule has 2 atom stereocenters. The summed E-state index contributed by atoms with van der Waals surface area (Å²) in [5.74, 6) is 0.0216. The zero-order valence-corrected chi connectivity index (χ0v) is 10.2. The Hall–Kier alpha value is -1.26. The minimum Gasteiger partial charge on any atom is -0.444 e. The van der Waals surface area contributed by atoms with Crippen molar-refractivity contribution in [2.75, 3.05) is 13.6 Å². The van der Waals surface area contributed by atoms with Crippen molar-refractivity contribution >= 4 is 12.0 Å². The number of ether oxygens (including phenoxy) is 1. The van der Waals surface area contributed by atoms with Gasteiger partial charge in [-0.1, -0.05) is 0 Å². The van der Waals surface area contributed by atoms with Crippen LogP contribution in [-0.4, -0.2) is 53.1 Å². The van der Waals surface area contributed by atoms with Crippen LogP contribution in [0.15, 0.2) is 0 Å². The first kappa shape index (κ1) is 11.2. The molecule has 2 amide bonds. The molecule has 0 aromatic rings. The molecule has 0 spiro atoms. The second-order valence-electron chi connectivity index (χ2n) is 5.51. The number of piperazine rings is 1. The van der Waals surface area contributed by atoms with E-state index in [1.807, 2.05) is 20.8 Å². The molecule has 3 heterocycles. The van der Waals surface area contributed by atoms with E-state index in [0.29, 0.717) is 6.54 Å². The monoisotopic (exact) mass is 226 g/mol. The average molecular weight is 226 g/mol. The molecule has 2 unspecified atom stereocenters. The van der Waals surface area contributed by atoms with Crippen LogP contribution in [0.25, 0.3) is 0 Å². The predicted octanol–water partition coefficient (Wildman–Crippen LogP) is 0.836. The molecule has 3 fully saturated rings. The number of likely N-dealkylation sites (N-methyl/N-ethyl adjacent to an activating group) is 1. The summed E-state index contributed by atoms with van der Waals surface area (Å²) in [5, 5.41) is 0. The van der Waals surface area contributed by atoms with Crippen LogP contribution in [0, 0.1) is 0 Å². The number of piperidine rings is 1. The van der Waals surface area contributed by atoms with Gasteiger partial charge in [0.1, 0.15) is 11.6 Å². The second-order valence-corrected chi connectivity index (χ2v) is 5.51. The minimum atomic E-state index is -0.504. The molecule has 90 valence electrons. The molecule has 2 bridgehead atoms. The van der Waals surface area contributed by atoms with Gasteiger partial charge in [-0.2, -0.15) is 0 Å². The fraction of sp³-hybridized carbons (Fsp3) is 0.818. The normalized spacial score (nSPS) is 28.9. The van der Waals surface area contributed by atoms with E-state index in [1.54, 1.807) is 16.8 Å². The van der Waals surface area contributed by atoms with Gasteiger partial charge in [-0.15, -0.1) is 0 Å². The van der Waals surface area contributed by atoms with Gasteiger partial charge in [0, 0.05) is 13.6 Å². The van der Waals surface area contributed by atoms with Gasteiger partial charge in [-0.3, -0.25) is 9.69 Å². The summed E-state index contributed by atoms with van der Waals surface area (Å²) in [6, 6.07) is -0.152. The van der Waals surface area contributed by atoms with Crippen molar-refractivity contribution in [3.05, 3.63) is 0 Å². The SMILES string of the molecule is CN1CC2CC(C1=O)N2C(=O)OC(C)(C)C. The number of carbonyl (C=O) groups is 2. The highest BCUT2D eigenvalue weighted by Crippen LogP contribution is 2.33. The summed E-state index contributed by atoms with van der Waals surface area (Å²) < 4.78 is 5.28. The van der Waals surface area contributed by atoms with E-state index in [2.05, 4.69) is 0 Å². The van der Waals surface area contributed by atoms with Crippen molar-refractivity contribution in [1.29, 1.82) is 0 Å². The fourth-order valence-corrected chi connectivity index (χ4v) is 2.24. The van der Waals surface area contributed by atoms with Crippen LogP contribution in [0.3, 0.4) is 0 Å². The first-order valence-electron chi connectivity index (χ1n) is 5.56. The van der Waals surface area contributed by atoms with Crippen LogP contribution in [0.5, 0.6) is 0 Å². The average Bonchev–Trinajstić information content (AvgIpc) is 2.04. The number of rotatable bonds is 0. The van der Waals surface area contributed by atoms with Crippen molar-refractivity contribution < 1.29 is 14.3 Å². The van der Waals surface area contributed by atoms with Crippen molar-refractivity contribution in [2.45, 2.75) is 44.9 Å². The van der Waals surface area contributed by atoms with Crippen LogP contribution < -0.4 is 0 Å². The third-order valence-corrected chi connectivity index (χ3v) is 2.97. The van der Waals surface area contributed by atoms with Crippen LogP contribution in [0.4, 0.5) is 4.79 Å². The third kappa shape index (κ3) is 1.74. The van der Waals surface area contributed by atoms with E-state index in [1.165, 1.54) is 0 Å². The molecule has 5 nitrogen and oxygen atoms in total. The Morgan fingerprint density at radius 1 is 1.44 bits per heavy atom. The number of carbonyl (C=O) groups excluding carboxylic acids is 2. The molecule has 0 aromatic carbocycles. The lowest BCUT2D eigenvalue weighted by Gasteiger charge is -2.53. The van der Waals surface area contributed by atoms with Crippen LogP contribution >= 0.6 is 0 Å². The Labute approximate surface area is 95.3 Å². The van der Waals surface area contributed by atoms with Crippen molar-refractivity contribution in [3.8, 4) is 0 Å². The van der Waals surface area contributed by atoms with E-state index in [-0.39, 0.29) is 24.1 Å². The summed E-state index contributed by atoms with van der Waals surface area (Å²) in [5.41, 5.74) is -0.504. The number of fused-ring (bicyclic) bond motifs is 2. The van der Waals surface area contributed by atoms with Crippen molar-refractivity contribution in [1.82, 2.24) is 9.80 Å². The lowest BCUT2D eigenvalue weighted by Crippen LogP contribution is -2.72. The molecule has 0 aliphatic carbocycles. The maximum absolute atomic E-state index is 11.8. The minimum absolute atomic E-state index is 0.0216. The summed E-state index contributed by atoms with van der Waals surface area (Å²) in [6.07, 6.45) is 0.415. The van der Waals surface area contributed by atoms with Gasteiger partial charge in [-0.25, -0.2) is 4.79 Å². The van der Waals surface area contributed by atoms with E-state index in [0.717, 1.165) is 6.42 Å². The smallest absolute Gasteiger partial charge is 0.411 e. The molecule has 0 N–H and O–H groups in total. The summed E-state index contributed by atoms with van der Waals surface area (Å²) in [6.45, 7) is 6.10. The molecule has 0 saturated carbocycles. The molecule has 0 radical (unpaired) electrons. The highest BCUT2D eigenvalue weighted by atomic mass is 16.6. The Morgan fingerprint density at radius 2 is 2.06 bits per heavy atom. The zero-order chi connectivity index (χ0) is 12.1. The maximum Gasteiger partial charge on any atom is 0.411 e. The van der Waals surface area contributed by atoms with Crippen LogP contribution in [-0.2, 0) is 9.53 Å². The molecule has 0 aromatic heterocycles. The van der Waals surface area contributed by atoms with Crippen molar-refractivity contribution in [2.24, 2.45) is 0 Å². The standard InChI is InChI=1S/C11H18N2O3/c1-11(2,3)16-10(15)13-7-5-8(13)9(14)12(4)6-7/h7-8H,5-6H2,1-4H3. The fourth-order valence-electron chi connectivity index (χ4n) is 2.24. The topological polar surface area (TPSA) is 49.9 Å². The van der Waals surface area contributed by atoms with Gasteiger partial charge >= 0.3 is 6.09 Å². The van der Waals surface area contributed by atoms with Gasteiger partial charge in [-0.05, 0) is 27.2 Å². The number of hydrogen-bond acceptors (Lipinski definition) is 3. The van der Waals surface area contributed by atoms with Gasteiger partial charge in [0.25, 0.3) is 0 Å². The first-order chi connectivity index (χ1) is 7.29. The van der Waals surface area contributed by atoms with E-state index in [9.17, 15) is 9.59 Å². The summed E-state index contributed by atoms with van der Waals surface area (Å²) >= 11 is 0. The highest BCUT2D eigenvalue weighted by molar-refractivity contribution is 5.89. The number of hydrogen-bond donors (Lipinski definition) is 0. The molecule has 16 heavy (non-hydrogen) atoms. The molecule has 3 rings (SSSR count). The van der Waals surface area contributed by atoms with Gasteiger partial charge < -0.3 is 9.64 Å². The lowest BCUT2D eigenvalue weighted by molar-refractivity contribution is -0.155. The van der Waals surface area contributed by atoms with Crippen LogP contribution in [0.1, 0.15) is 27.2 Å². The second kappa shape index (κ2) is 3.37. The van der Waals surface area contributed by atoms with E-state index in [4.69, 9.17) is 4.74 Å². The molecule has 3 aliphatic heterocycles. The largest absolute Gasteiger partial charge is 0.444 e. The summed E-state index contributed by atoms with van der Waals surface area (Å²) in [7, 11) is 1.77. The van der Waals surface area contributed by atoms with E-state index >= 15 is 0 Å². The molecular weight excluding hydrogens is 208 g/mol. The highest BCUT2D eigenvalue weighted by Gasteiger charge is 2.52. The molecule has 5 heteroatoms. The lowest BCUT2D eigenvalue weighted by atomic mass is 9.87.